The van der Waals surface area contributed by atoms with Crippen LogP contribution in [0.25, 0.3) is 0 Å². The molecular formula is C11H16N2OS2. The molecule has 0 spiro atoms. The lowest BCUT2D eigenvalue weighted by Crippen LogP contribution is -2.41. The number of amides is 1. The highest BCUT2D eigenvalue weighted by Gasteiger charge is 2.22. The number of thiocarbonyl (C=S) groups is 1. The summed E-state index contributed by atoms with van der Waals surface area (Å²) < 4.78 is 0. The van der Waals surface area contributed by atoms with Crippen LogP contribution in [0, 0.1) is 12.3 Å². The van der Waals surface area contributed by atoms with Crippen LogP contribution in [0.2, 0.25) is 0 Å². The summed E-state index contributed by atoms with van der Waals surface area (Å²) in [7, 11) is 0. The molecule has 88 valence electrons. The second kappa shape index (κ2) is 4.93. The van der Waals surface area contributed by atoms with Crippen LogP contribution in [-0.2, 0) is 0 Å². The summed E-state index contributed by atoms with van der Waals surface area (Å²) in [5, 5.41) is 2.84. The van der Waals surface area contributed by atoms with E-state index < -0.39 is 0 Å². The molecule has 3 nitrogen and oxygen atoms in total. The first-order valence-electron chi connectivity index (χ1n) is 4.97. The molecular weight excluding hydrogens is 240 g/mol. The van der Waals surface area contributed by atoms with Gasteiger partial charge in [0.1, 0.15) is 0 Å². The van der Waals surface area contributed by atoms with Crippen LogP contribution in [-0.4, -0.2) is 17.4 Å². The maximum atomic E-state index is 11.7. The SMILES string of the molecule is Cc1ccc(C(=O)NCC(C)(C)C(N)=S)s1. The zero-order chi connectivity index (χ0) is 12.3. The summed E-state index contributed by atoms with van der Waals surface area (Å²) in [5.41, 5.74) is 5.23. The Labute approximate surface area is 105 Å². The first kappa shape index (κ1) is 13.1. The van der Waals surface area contributed by atoms with Gasteiger partial charge in [-0.25, -0.2) is 0 Å². The highest BCUT2D eigenvalue weighted by molar-refractivity contribution is 7.80. The molecule has 0 aliphatic carbocycles. The molecule has 1 amide bonds. The summed E-state index contributed by atoms with van der Waals surface area (Å²) in [4.78, 5) is 14.0. The Balaban J connectivity index is 2.57. The molecule has 0 saturated heterocycles. The Hall–Kier alpha value is -0.940. The van der Waals surface area contributed by atoms with E-state index in [1.807, 2.05) is 32.9 Å². The summed E-state index contributed by atoms with van der Waals surface area (Å²) in [5.74, 6) is -0.0672. The fourth-order valence-electron chi connectivity index (χ4n) is 1.03. The third-order valence-corrected chi connectivity index (χ3v) is 3.87. The molecule has 0 atom stereocenters. The number of nitrogens with one attached hydrogen (secondary N) is 1. The third-order valence-electron chi connectivity index (χ3n) is 2.32. The average molecular weight is 256 g/mol. The van der Waals surface area contributed by atoms with Gasteiger partial charge in [-0.05, 0) is 19.1 Å². The van der Waals surface area contributed by atoms with Crippen molar-refractivity contribution in [3.63, 3.8) is 0 Å². The Bertz CT molecular complexity index is 410. The van der Waals surface area contributed by atoms with Crippen molar-refractivity contribution >= 4 is 34.5 Å². The molecule has 5 heteroatoms. The van der Waals surface area contributed by atoms with Gasteiger partial charge in [-0.3, -0.25) is 4.79 Å². The minimum Gasteiger partial charge on any atom is -0.393 e. The molecule has 0 aliphatic rings. The van der Waals surface area contributed by atoms with E-state index in [9.17, 15) is 4.79 Å². The number of aryl methyl sites for hydroxylation is 1. The molecule has 1 rings (SSSR count). The van der Waals surface area contributed by atoms with Gasteiger partial charge in [0.15, 0.2) is 0 Å². The topological polar surface area (TPSA) is 55.1 Å². The number of hydrogen-bond acceptors (Lipinski definition) is 3. The van der Waals surface area contributed by atoms with E-state index in [0.29, 0.717) is 11.5 Å². The highest BCUT2D eigenvalue weighted by Crippen LogP contribution is 2.17. The Morgan fingerprint density at radius 2 is 2.19 bits per heavy atom. The third kappa shape index (κ3) is 3.28. The summed E-state index contributed by atoms with van der Waals surface area (Å²) in [6.07, 6.45) is 0. The normalized spacial score (nSPS) is 11.2. The standard InChI is InChI=1S/C11H16N2OS2/c1-7-4-5-8(16-7)9(14)13-6-11(2,3)10(12)15/h4-5H,6H2,1-3H3,(H2,12,15)(H,13,14). The molecule has 1 aromatic heterocycles. The fourth-order valence-corrected chi connectivity index (χ4v) is 1.89. The molecule has 0 saturated carbocycles. The lowest BCUT2D eigenvalue weighted by molar-refractivity contribution is 0.0949. The van der Waals surface area contributed by atoms with Crippen molar-refractivity contribution in [1.29, 1.82) is 0 Å². The predicted octanol–water partition coefficient (Wildman–Crippen LogP) is 2.10. The molecule has 0 radical (unpaired) electrons. The zero-order valence-electron chi connectivity index (χ0n) is 9.66. The molecule has 3 N–H and O–H groups in total. The first-order chi connectivity index (χ1) is 7.33. The number of carbonyl (C=O) groups is 1. The van der Waals surface area contributed by atoms with Gasteiger partial charge in [0.05, 0.1) is 9.87 Å². The summed E-state index contributed by atoms with van der Waals surface area (Å²) in [6.45, 7) is 6.25. The second-order valence-corrected chi connectivity index (χ2v) is 6.07. The number of carbonyl (C=O) groups excluding carboxylic acids is 1. The molecule has 16 heavy (non-hydrogen) atoms. The molecule has 0 aliphatic heterocycles. The van der Waals surface area contributed by atoms with E-state index in [2.05, 4.69) is 5.32 Å². The van der Waals surface area contributed by atoms with Crippen LogP contribution < -0.4 is 11.1 Å². The van der Waals surface area contributed by atoms with Crippen LogP contribution in [0.5, 0.6) is 0 Å². The van der Waals surface area contributed by atoms with Gasteiger partial charge in [-0.2, -0.15) is 0 Å². The maximum absolute atomic E-state index is 11.7. The predicted molar refractivity (Wildman–Crippen MR) is 72.0 cm³/mol. The van der Waals surface area contributed by atoms with Crippen LogP contribution in [0.1, 0.15) is 28.4 Å². The average Bonchev–Trinajstić information content (AvgIpc) is 2.61. The monoisotopic (exact) mass is 256 g/mol. The maximum Gasteiger partial charge on any atom is 0.261 e. The fraction of sp³-hybridized carbons (Fsp3) is 0.455. The van der Waals surface area contributed by atoms with Crippen molar-refractivity contribution in [3.05, 3.63) is 21.9 Å². The lowest BCUT2D eigenvalue weighted by atomic mass is 9.94. The van der Waals surface area contributed by atoms with E-state index >= 15 is 0 Å². The first-order valence-corrected chi connectivity index (χ1v) is 6.20. The number of nitrogens with two attached hydrogens (primary N) is 1. The Morgan fingerprint density at radius 3 is 2.62 bits per heavy atom. The molecule has 0 bridgehead atoms. The van der Waals surface area contributed by atoms with Crippen LogP contribution in [0.4, 0.5) is 0 Å². The van der Waals surface area contributed by atoms with Gasteiger partial charge < -0.3 is 11.1 Å². The molecule has 1 heterocycles. The van der Waals surface area contributed by atoms with Crippen molar-refractivity contribution in [3.8, 4) is 0 Å². The zero-order valence-corrected chi connectivity index (χ0v) is 11.3. The van der Waals surface area contributed by atoms with Gasteiger partial charge in [0.25, 0.3) is 5.91 Å². The minimum atomic E-state index is -0.350. The van der Waals surface area contributed by atoms with Gasteiger partial charge in [0.2, 0.25) is 0 Å². The summed E-state index contributed by atoms with van der Waals surface area (Å²) in [6, 6.07) is 3.75. The summed E-state index contributed by atoms with van der Waals surface area (Å²) >= 11 is 6.41. The number of rotatable bonds is 4. The van der Waals surface area contributed by atoms with Crippen molar-refractivity contribution in [1.82, 2.24) is 5.32 Å². The van der Waals surface area contributed by atoms with E-state index in [1.165, 1.54) is 11.3 Å². The van der Waals surface area contributed by atoms with Gasteiger partial charge in [-0.1, -0.05) is 26.1 Å². The second-order valence-electron chi connectivity index (χ2n) is 4.34. The van der Waals surface area contributed by atoms with Crippen LogP contribution in [0.15, 0.2) is 12.1 Å². The largest absolute Gasteiger partial charge is 0.393 e. The highest BCUT2D eigenvalue weighted by atomic mass is 32.1. The lowest BCUT2D eigenvalue weighted by Gasteiger charge is -2.23. The van der Waals surface area contributed by atoms with E-state index in [0.717, 1.165) is 9.75 Å². The Kier molecular flexibility index (Phi) is 4.04. The van der Waals surface area contributed by atoms with Gasteiger partial charge >= 0.3 is 0 Å². The van der Waals surface area contributed by atoms with Crippen LogP contribution in [0.3, 0.4) is 0 Å². The van der Waals surface area contributed by atoms with Crippen molar-refractivity contribution in [2.45, 2.75) is 20.8 Å². The molecule has 1 aromatic rings. The molecule has 0 unspecified atom stereocenters. The van der Waals surface area contributed by atoms with Crippen molar-refractivity contribution in [2.75, 3.05) is 6.54 Å². The quantitative estimate of drug-likeness (QED) is 0.811. The number of hydrogen-bond donors (Lipinski definition) is 2. The molecule has 0 aromatic carbocycles. The number of thiophene rings is 1. The van der Waals surface area contributed by atoms with Gasteiger partial charge in [0, 0.05) is 16.8 Å². The van der Waals surface area contributed by atoms with Crippen LogP contribution >= 0.6 is 23.6 Å². The Morgan fingerprint density at radius 1 is 1.56 bits per heavy atom. The van der Waals surface area contributed by atoms with E-state index in [1.54, 1.807) is 0 Å². The van der Waals surface area contributed by atoms with Crippen molar-refractivity contribution in [2.24, 2.45) is 11.1 Å². The van der Waals surface area contributed by atoms with Gasteiger partial charge in [-0.15, -0.1) is 11.3 Å². The van der Waals surface area contributed by atoms with E-state index in [-0.39, 0.29) is 11.3 Å². The van der Waals surface area contributed by atoms with E-state index in [4.69, 9.17) is 18.0 Å². The van der Waals surface area contributed by atoms with Crippen molar-refractivity contribution < 1.29 is 4.79 Å². The molecule has 0 fully saturated rings. The minimum absolute atomic E-state index is 0.0672. The smallest absolute Gasteiger partial charge is 0.261 e.